The summed E-state index contributed by atoms with van der Waals surface area (Å²) in [5.41, 5.74) is 0.542. The first-order valence-electron chi connectivity index (χ1n) is 8.32. The van der Waals surface area contributed by atoms with Gasteiger partial charge in [-0.25, -0.2) is 9.37 Å². The Hall–Kier alpha value is -2.03. The van der Waals surface area contributed by atoms with Crippen molar-refractivity contribution in [2.24, 2.45) is 0 Å². The van der Waals surface area contributed by atoms with E-state index in [4.69, 9.17) is 4.74 Å². The average molecular weight is 362 g/mol. The van der Waals surface area contributed by atoms with E-state index in [0.29, 0.717) is 53.9 Å². The minimum atomic E-state index is -0.385. The van der Waals surface area contributed by atoms with Gasteiger partial charge in [0.15, 0.2) is 5.82 Å². The summed E-state index contributed by atoms with van der Waals surface area (Å²) in [7, 11) is 0. The molecule has 0 amide bonds. The first kappa shape index (κ1) is 16.4. The highest BCUT2D eigenvalue weighted by atomic mass is 32.1. The maximum Gasteiger partial charge on any atom is 0.230 e. The molecule has 1 aliphatic rings. The zero-order chi connectivity index (χ0) is 17.4. The highest BCUT2D eigenvalue weighted by Crippen LogP contribution is 2.40. The second kappa shape index (κ2) is 6.70. The highest BCUT2D eigenvalue weighted by Gasteiger charge is 2.32. The molecule has 4 rings (SSSR count). The number of nitrogens with zero attached hydrogens (tertiary/aromatic N) is 4. The van der Waals surface area contributed by atoms with Crippen molar-refractivity contribution in [2.45, 2.75) is 19.4 Å². The van der Waals surface area contributed by atoms with Crippen LogP contribution in [0.25, 0.3) is 4.96 Å². The first-order valence-corrected chi connectivity index (χ1v) is 9.14. The van der Waals surface area contributed by atoms with Crippen molar-refractivity contribution in [1.29, 1.82) is 0 Å². The molecule has 6 nitrogen and oxygen atoms in total. The molecule has 1 fully saturated rings. The van der Waals surface area contributed by atoms with Crippen LogP contribution in [0.1, 0.15) is 29.2 Å². The number of ether oxygens (including phenoxy) is 1. The van der Waals surface area contributed by atoms with Gasteiger partial charge in [0.05, 0.1) is 24.1 Å². The lowest BCUT2D eigenvalue weighted by atomic mass is 10.0. The normalized spacial score (nSPS) is 17.2. The fraction of sp³-hybridized carbons (Fsp3) is 0.412. The number of fused-ring (bicyclic) bond motifs is 1. The lowest BCUT2D eigenvalue weighted by Gasteiger charge is -2.34. The number of benzene rings is 1. The first-order chi connectivity index (χ1) is 12.2. The van der Waals surface area contributed by atoms with E-state index in [0.717, 1.165) is 0 Å². The maximum absolute atomic E-state index is 14.5. The topological polar surface area (TPSA) is 62.9 Å². The van der Waals surface area contributed by atoms with Gasteiger partial charge in [-0.2, -0.15) is 4.52 Å². The van der Waals surface area contributed by atoms with Gasteiger partial charge in [0.1, 0.15) is 5.82 Å². The number of morpholine rings is 1. The molecule has 3 heterocycles. The van der Waals surface area contributed by atoms with Gasteiger partial charge in [-0.1, -0.05) is 36.5 Å². The summed E-state index contributed by atoms with van der Waals surface area (Å²) < 4.78 is 21.4. The Morgan fingerprint density at radius 2 is 2.08 bits per heavy atom. The third-order valence-electron chi connectivity index (χ3n) is 4.42. The van der Waals surface area contributed by atoms with Crippen molar-refractivity contribution < 1.29 is 14.2 Å². The van der Waals surface area contributed by atoms with E-state index in [1.807, 2.05) is 13.0 Å². The van der Waals surface area contributed by atoms with E-state index in [1.165, 1.54) is 21.9 Å². The monoisotopic (exact) mass is 362 g/mol. The number of aromatic hydroxyl groups is 1. The van der Waals surface area contributed by atoms with E-state index >= 15 is 0 Å². The Bertz CT molecular complexity index is 888. The molecule has 0 aliphatic carbocycles. The SMILES string of the molecule is CCc1nc2sc(C(c3ccccc3F)N3CCOCC3)c(O)n2n1. The summed E-state index contributed by atoms with van der Waals surface area (Å²) in [6.07, 6.45) is 0.698. The van der Waals surface area contributed by atoms with Gasteiger partial charge >= 0.3 is 0 Å². The molecule has 132 valence electrons. The average Bonchev–Trinajstić information content (AvgIpc) is 3.18. The van der Waals surface area contributed by atoms with Gasteiger partial charge in [-0.3, -0.25) is 4.90 Å². The standard InChI is InChI=1S/C17H19FN4O2S/c1-2-13-19-17-22(20-13)16(23)15(25-17)14(21-7-9-24-10-8-21)11-5-3-4-6-12(11)18/h3-6,14,23H,2,7-10H2,1H3. The van der Waals surface area contributed by atoms with E-state index < -0.39 is 0 Å². The Labute approximate surface area is 148 Å². The number of rotatable bonds is 4. The van der Waals surface area contributed by atoms with Crippen LogP contribution in [-0.4, -0.2) is 50.9 Å². The third kappa shape index (κ3) is 2.90. The lowest BCUT2D eigenvalue weighted by molar-refractivity contribution is 0.0235. The quantitative estimate of drug-likeness (QED) is 0.773. The van der Waals surface area contributed by atoms with Gasteiger partial charge in [-0.15, -0.1) is 5.10 Å². The van der Waals surface area contributed by atoms with E-state index in [9.17, 15) is 9.50 Å². The van der Waals surface area contributed by atoms with Crippen LogP contribution in [0.2, 0.25) is 0 Å². The summed E-state index contributed by atoms with van der Waals surface area (Å²) in [5, 5.41) is 15.1. The molecule has 1 unspecified atom stereocenters. The second-order valence-corrected chi connectivity index (χ2v) is 6.95. The summed E-state index contributed by atoms with van der Waals surface area (Å²) in [6, 6.07) is 6.32. The third-order valence-corrected chi connectivity index (χ3v) is 5.49. The van der Waals surface area contributed by atoms with Gasteiger partial charge in [0.2, 0.25) is 10.8 Å². The van der Waals surface area contributed by atoms with E-state index in [2.05, 4.69) is 15.0 Å². The number of halogens is 1. The molecule has 0 bridgehead atoms. The molecule has 1 N–H and O–H groups in total. The smallest absolute Gasteiger partial charge is 0.230 e. The van der Waals surface area contributed by atoms with Crippen LogP contribution in [0.3, 0.4) is 0 Å². The lowest BCUT2D eigenvalue weighted by Crippen LogP contribution is -2.39. The molecular formula is C17H19FN4O2S. The van der Waals surface area contributed by atoms with Crippen LogP contribution < -0.4 is 0 Å². The van der Waals surface area contributed by atoms with Crippen molar-refractivity contribution in [2.75, 3.05) is 26.3 Å². The van der Waals surface area contributed by atoms with Crippen LogP contribution in [0.5, 0.6) is 5.88 Å². The minimum Gasteiger partial charge on any atom is -0.492 e. The molecule has 1 saturated heterocycles. The number of hydrogen-bond acceptors (Lipinski definition) is 6. The van der Waals surface area contributed by atoms with Crippen molar-refractivity contribution in [3.8, 4) is 5.88 Å². The largest absolute Gasteiger partial charge is 0.492 e. The predicted molar refractivity (Wildman–Crippen MR) is 92.5 cm³/mol. The molecule has 3 aromatic rings. The number of aromatic nitrogens is 3. The van der Waals surface area contributed by atoms with Crippen LogP contribution >= 0.6 is 11.3 Å². The van der Waals surface area contributed by atoms with Gasteiger partial charge in [0, 0.05) is 25.1 Å². The summed E-state index contributed by atoms with van der Waals surface area (Å²) in [6.45, 7) is 4.49. The van der Waals surface area contributed by atoms with Crippen molar-refractivity contribution in [3.63, 3.8) is 0 Å². The molecule has 1 aliphatic heterocycles. The number of hydrogen-bond donors (Lipinski definition) is 1. The Morgan fingerprint density at radius 3 is 2.76 bits per heavy atom. The predicted octanol–water partition coefficient (Wildman–Crippen LogP) is 2.62. The molecule has 0 saturated carbocycles. The molecule has 0 spiro atoms. The molecule has 25 heavy (non-hydrogen) atoms. The van der Waals surface area contributed by atoms with Gasteiger partial charge in [0.25, 0.3) is 0 Å². The molecule has 8 heteroatoms. The highest BCUT2D eigenvalue weighted by molar-refractivity contribution is 7.17. The molecule has 1 atom stereocenters. The zero-order valence-corrected chi connectivity index (χ0v) is 14.7. The van der Waals surface area contributed by atoms with Crippen molar-refractivity contribution >= 4 is 16.3 Å². The summed E-state index contributed by atoms with van der Waals surface area (Å²) in [5.74, 6) is 0.431. The Morgan fingerprint density at radius 1 is 1.32 bits per heavy atom. The molecule has 2 aromatic heterocycles. The maximum atomic E-state index is 14.5. The number of aryl methyl sites for hydroxylation is 1. The van der Waals surface area contributed by atoms with Crippen LogP contribution in [0.4, 0.5) is 4.39 Å². The fourth-order valence-electron chi connectivity index (χ4n) is 3.15. The van der Waals surface area contributed by atoms with Crippen LogP contribution in [-0.2, 0) is 11.2 Å². The van der Waals surface area contributed by atoms with Crippen LogP contribution in [0.15, 0.2) is 24.3 Å². The van der Waals surface area contributed by atoms with Gasteiger partial charge in [-0.05, 0) is 6.07 Å². The summed E-state index contributed by atoms with van der Waals surface area (Å²) in [4.78, 5) is 7.84. The minimum absolute atomic E-state index is 0.0342. The molecule has 0 radical (unpaired) electrons. The molecular weight excluding hydrogens is 343 g/mol. The van der Waals surface area contributed by atoms with E-state index in [-0.39, 0.29) is 17.7 Å². The Balaban J connectivity index is 1.84. The van der Waals surface area contributed by atoms with E-state index in [1.54, 1.807) is 12.1 Å². The number of thiazole rings is 1. The summed E-state index contributed by atoms with van der Waals surface area (Å²) >= 11 is 1.36. The van der Waals surface area contributed by atoms with Gasteiger partial charge < -0.3 is 9.84 Å². The van der Waals surface area contributed by atoms with Crippen molar-refractivity contribution in [3.05, 3.63) is 46.3 Å². The fourth-order valence-corrected chi connectivity index (χ4v) is 4.28. The van der Waals surface area contributed by atoms with Crippen LogP contribution in [0, 0.1) is 5.82 Å². The van der Waals surface area contributed by atoms with Crippen molar-refractivity contribution in [1.82, 2.24) is 19.5 Å². The molecule has 1 aromatic carbocycles. The zero-order valence-electron chi connectivity index (χ0n) is 13.9. The Kier molecular flexibility index (Phi) is 4.41. The second-order valence-electron chi connectivity index (χ2n) is 5.94.